The van der Waals surface area contributed by atoms with Gasteiger partial charge in [0, 0.05) is 4.47 Å². The molecule has 2 aromatic carbocycles. The highest BCUT2D eigenvalue weighted by atomic mass is 79.9. The van der Waals surface area contributed by atoms with Crippen molar-refractivity contribution in [2.45, 2.75) is 13.0 Å². The Morgan fingerprint density at radius 3 is 2.82 bits per heavy atom. The van der Waals surface area contributed by atoms with Crippen LogP contribution in [-0.2, 0) is 4.79 Å². The van der Waals surface area contributed by atoms with Crippen molar-refractivity contribution in [2.75, 3.05) is 0 Å². The van der Waals surface area contributed by atoms with Crippen molar-refractivity contribution in [1.82, 2.24) is 5.43 Å². The van der Waals surface area contributed by atoms with E-state index in [4.69, 9.17) is 4.74 Å². The molecule has 0 aliphatic carbocycles. The normalized spacial score (nSPS) is 12.1. The van der Waals surface area contributed by atoms with Gasteiger partial charge in [-0.15, -0.1) is 0 Å². The first-order chi connectivity index (χ1) is 10.5. The van der Waals surface area contributed by atoms with Crippen LogP contribution in [-0.4, -0.2) is 23.3 Å². The van der Waals surface area contributed by atoms with Gasteiger partial charge in [-0.25, -0.2) is 5.43 Å². The lowest BCUT2D eigenvalue weighted by atomic mass is 10.2. The maximum atomic E-state index is 11.9. The van der Waals surface area contributed by atoms with Crippen molar-refractivity contribution in [3.63, 3.8) is 0 Å². The van der Waals surface area contributed by atoms with Crippen LogP contribution in [0.15, 0.2) is 58.1 Å². The zero-order valence-corrected chi connectivity index (χ0v) is 13.4. The number of nitrogens with zero attached hydrogens (tertiary/aromatic N) is 1. The van der Waals surface area contributed by atoms with Gasteiger partial charge in [-0.1, -0.05) is 34.1 Å². The van der Waals surface area contributed by atoms with Gasteiger partial charge >= 0.3 is 0 Å². The summed E-state index contributed by atoms with van der Waals surface area (Å²) >= 11 is 3.34. The van der Waals surface area contributed by atoms with Crippen LogP contribution in [0.4, 0.5) is 0 Å². The van der Waals surface area contributed by atoms with Gasteiger partial charge < -0.3 is 9.84 Å². The van der Waals surface area contributed by atoms with Crippen LogP contribution in [0.2, 0.25) is 0 Å². The molecular formula is C16H15BrN2O3. The Hall–Kier alpha value is -2.34. The van der Waals surface area contributed by atoms with Crippen molar-refractivity contribution < 1.29 is 14.6 Å². The summed E-state index contributed by atoms with van der Waals surface area (Å²) in [7, 11) is 0. The smallest absolute Gasteiger partial charge is 0.280 e. The second-order valence-electron chi connectivity index (χ2n) is 4.55. The lowest BCUT2D eigenvalue weighted by Gasteiger charge is -2.12. The highest BCUT2D eigenvalue weighted by Crippen LogP contribution is 2.18. The highest BCUT2D eigenvalue weighted by Gasteiger charge is 2.13. The van der Waals surface area contributed by atoms with E-state index in [9.17, 15) is 9.90 Å². The van der Waals surface area contributed by atoms with Crippen molar-refractivity contribution in [3.8, 4) is 11.5 Å². The number of hydrazone groups is 1. The molecule has 22 heavy (non-hydrogen) atoms. The third-order valence-corrected chi connectivity index (χ3v) is 3.23. The van der Waals surface area contributed by atoms with Crippen LogP contribution in [0.5, 0.6) is 11.5 Å². The molecule has 2 rings (SSSR count). The Morgan fingerprint density at radius 1 is 1.32 bits per heavy atom. The zero-order valence-electron chi connectivity index (χ0n) is 11.9. The van der Waals surface area contributed by atoms with E-state index in [1.165, 1.54) is 12.3 Å². The van der Waals surface area contributed by atoms with E-state index in [-0.39, 0.29) is 11.7 Å². The summed E-state index contributed by atoms with van der Waals surface area (Å²) in [6, 6.07) is 13.8. The summed E-state index contributed by atoms with van der Waals surface area (Å²) in [6.07, 6.45) is 0.763. The van der Waals surface area contributed by atoms with E-state index in [0.717, 1.165) is 4.47 Å². The van der Waals surface area contributed by atoms with Crippen LogP contribution < -0.4 is 10.2 Å². The fourth-order valence-electron chi connectivity index (χ4n) is 1.66. The van der Waals surface area contributed by atoms with Gasteiger partial charge in [0.15, 0.2) is 6.10 Å². The van der Waals surface area contributed by atoms with Crippen LogP contribution in [0.25, 0.3) is 0 Å². The lowest BCUT2D eigenvalue weighted by molar-refractivity contribution is -0.127. The molecule has 0 aliphatic heterocycles. The summed E-state index contributed by atoms with van der Waals surface area (Å²) in [4.78, 5) is 11.9. The minimum absolute atomic E-state index is 0.140. The topological polar surface area (TPSA) is 70.9 Å². The van der Waals surface area contributed by atoms with Crippen molar-refractivity contribution in [3.05, 3.63) is 58.6 Å². The molecule has 1 amide bonds. The average Bonchev–Trinajstić information content (AvgIpc) is 2.47. The van der Waals surface area contributed by atoms with Crippen LogP contribution in [0.1, 0.15) is 12.5 Å². The molecule has 1 atom stereocenters. The maximum absolute atomic E-state index is 11.9. The number of hydrogen-bond donors (Lipinski definition) is 2. The molecule has 0 bridgehead atoms. The molecule has 0 unspecified atom stereocenters. The van der Waals surface area contributed by atoms with Gasteiger partial charge in [-0.05, 0) is 42.8 Å². The molecule has 2 N–H and O–H groups in total. The Balaban J connectivity index is 1.89. The molecular weight excluding hydrogens is 348 g/mol. The van der Waals surface area contributed by atoms with Gasteiger partial charge in [-0.2, -0.15) is 5.10 Å². The molecule has 0 radical (unpaired) electrons. The molecule has 0 aromatic heterocycles. The number of phenols is 1. The molecule has 5 nitrogen and oxygen atoms in total. The highest BCUT2D eigenvalue weighted by molar-refractivity contribution is 9.10. The minimum atomic E-state index is -0.685. The number of rotatable bonds is 5. The second kappa shape index (κ2) is 7.61. The number of ether oxygens (including phenoxy) is 1. The molecule has 0 spiro atoms. The number of aromatic hydroxyl groups is 1. The van der Waals surface area contributed by atoms with Gasteiger partial charge in [0.05, 0.1) is 6.21 Å². The summed E-state index contributed by atoms with van der Waals surface area (Å²) in [5, 5.41) is 13.2. The predicted octanol–water partition coefficient (Wildman–Crippen LogP) is 3.07. The third kappa shape index (κ3) is 4.89. The quantitative estimate of drug-likeness (QED) is 0.634. The molecule has 0 saturated heterocycles. The molecule has 0 aliphatic rings. The summed E-state index contributed by atoms with van der Waals surface area (Å²) < 4.78 is 6.40. The zero-order chi connectivity index (χ0) is 15.9. The number of carbonyl (C=O) groups excluding carboxylic acids is 1. The number of phenolic OH excluding ortho intramolecular Hbond substituents is 1. The van der Waals surface area contributed by atoms with Gasteiger partial charge in [0.2, 0.25) is 0 Å². The molecule has 0 heterocycles. The lowest BCUT2D eigenvalue weighted by Crippen LogP contribution is -2.33. The number of benzene rings is 2. The van der Waals surface area contributed by atoms with E-state index >= 15 is 0 Å². The number of halogens is 1. The fourth-order valence-corrected chi connectivity index (χ4v) is 2.04. The van der Waals surface area contributed by atoms with E-state index in [1.54, 1.807) is 37.3 Å². The SMILES string of the molecule is C[C@H](Oc1cccc(Br)c1)C(=O)N/N=C\c1cccc(O)c1. The number of nitrogens with one attached hydrogen (secondary N) is 1. The average molecular weight is 363 g/mol. The van der Waals surface area contributed by atoms with Crippen molar-refractivity contribution >= 4 is 28.1 Å². The predicted molar refractivity (Wildman–Crippen MR) is 88.1 cm³/mol. The Labute approximate surface area is 136 Å². The number of hydrogen-bond acceptors (Lipinski definition) is 4. The van der Waals surface area contributed by atoms with Crippen molar-refractivity contribution in [2.24, 2.45) is 5.10 Å². The van der Waals surface area contributed by atoms with E-state index in [0.29, 0.717) is 11.3 Å². The Morgan fingerprint density at radius 2 is 2.09 bits per heavy atom. The van der Waals surface area contributed by atoms with Crippen LogP contribution >= 0.6 is 15.9 Å². The van der Waals surface area contributed by atoms with Gasteiger partial charge in [0.1, 0.15) is 11.5 Å². The van der Waals surface area contributed by atoms with Crippen LogP contribution in [0, 0.1) is 0 Å². The molecule has 0 saturated carbocycles. The summed E-state index contributed by atoms with van der Waals surface area (Å²) in [6.45, 7) is 1.64. The first kappa shape index (κ1) is 16.0. The molecule has 114 valence electrons. The third-order valence-electron chi connectivity index (χ3n) is 2.74. The second-order valence-corrected chi connectivity index (χ2v) is 5.46. The minimum Gasteiger partial charge on any atom is -0.508 e. The summed E-state index contributed by atoms with van der Waals surface area (Å²) in [5.41, 5.74) is 3.08. The van der Waals surface area contributed by atoms with Gasteiger partial charge in [-0.3, -0.25) is 4.79 Å². The van der Waals surface area contributed by atoms with E-state index in [1.807, 2.05) is 12.1 Å². The first-order valence-electron chi connectivity index (χ1n) is 6.59. The monoisotopic (exact) mass is 362 g/mol. The Bertz CT molecular complexity index is 689. The largest absolute Gasteiger partial charge is 0.508 e. The number of carbonyl (C=O) groups is 1. The number of amides is 1. The first-order valence-corrected chi connectivity index (χ1v) is 7.38. The maximum Gasteiger partial charge on any atom is 0.280 e. The van der Waals surface area contributed by atoms with Crippen LogP contribution in [0.3, 0.4) is 0 Å². The Kier molecular flexibility index (Phi) is 5.55. The van der Waals surface area contributed by atoms with E-state index < -0.39 is 6.10 Å². The fraction of sp³-hybridized carbons (Fsp3) is 0.125. The molecule has 0 fully saturated rings. The van der Waals surface area contributed by atoms with Crippen molar-refractivity contribution in [1.29, 1.82) is 0 Å². The standard InChI is InChI=1S/C16H15BrN2O3/c1-11(22-15-7-3-5-13(17)9-15)16(21)19-18-10-12-4-2-6-14(20)8-12/h2-11,20H,1H3,(H,19,21)/b18-10-/t11-/m0/s1. The van der Waals surface area contributed by atoms with E-state index in [2.05, 4.69) is 26.5 Å². The van der Waals surface area contributed by atoms with Gasteiger partial charge in [0.25, 0.3) is 5.91 Å². The molecule has 2 aromatic rings. The molecule has 6 heteroatoms. The summed E-state index contributed by atoms with van der Waals surface area (Å²) in [5.74, 6) is 0.368.